The molecule has 0 spiro atoms. The number of aliphatic hydroxyl groups excluding tert-OH is 2. The minimum absolute atomic E-state index is 0.246. The summed E-state index contributed by atoms with van der Waals surface area (Å²) in [5.41, 5.74) is 1.76. The minimum atomic E-state index is -0.521. The van der Waals surface area contributed by atoms with Gasteiger partial charge in [0.2, 0.25) is 0 Å². The summed E-state index contributed by atoms with van der Waals surface area (Å²) >= 11 is 0. The van der Waals surface area contributed by atoms with Gasteiger partial charge in [-0.3, -0.25) is 4.98 Å². The summed E-state index contributed by atoms with van der Waals surface area (Å²) in [4.78, 5) is 6.47. The van der Waals surface area contributed by atoms with E-state index in [4.69, 9.17) is 0 Å². The molecule has 1 fully saturated rings. The molecule has 2 heterocycles. The fourth-order valence-electron chi connectivity index (χ4n) is 2.25. The summed E-state index contributed by atoms with van der Waals surface area (Å²) in [6.07, 6.45) is 2.06. The topological polar surface area (TPSA) is 56.6 Å². The van der Waals surface area contributed by atoms with Crippen LogP contribution >= 0.6 is 0 Å². The van der Waals surface area contributed by atoms with Crippen molar-refractivity contribution in [2.75, 3.05) is 18.0 Å². The van der Waals surface area contributed by atoms with Crippen LogP contribution in [0.25, 0.3) is 0 Å². The number of nitrogens with zero attached hydrogens (tertiary/aromatic N) is 2. The number of hydrogen-bond acceptors (Lipinski definition) is 4. The molecule has 2 rings (SSSR count). The lowest BCUT2D eigenvalue weighted by Crippen LogP contribution is -2.24. The number of aliphatic hydroxyl groups is 2. The zero-order chi connectivity index (χ0) is 12.4. The molecule has 17 heavy (non-hydrogen) atoms. The zero-order valence-corrected chi connectivity index (χ0v) is 10.4. The molecule has 3 atom stereocenters. The largest absolute Gasteiger partial charge is 0.393 e. The van der Waals surface area contributed by atoms with E-state index in [1.165, 1.54) is 0 Å². The van der Waals surface area contributed by atoms with E-state index in [9.17, 15) is 10.2 Å². The Hall–Kier alpha value is -1.13. The Morgan fingerprint density at radius 1 is 1.35 bits per heavy atom. The molecule has 4 heteroatoms. The lowest BCUT2D eigenvalue weighted by atomic mass is 10.0. The maximum atomic E-state index is 9.56. The van der Waals surface area contributed by atoms with Crippen molar-refractivity contribution in [3.63, 3.8) is 0 Å². The molecule has 4 nitrogen and oxygen atoms in total. The maximum Gasteiger partial charge on any atom is 0.0931 e. The molecule has 1 aromatic rings. The normalized spacial score (nSPS) is 23.8. The second kappa shape index (κ2) is 5.02. The van der Waals surface area contributed by atoms with Crippen molar-refractivity contribution in [2.24, 2.45) is 5.92 Å². The summed E-state index contributed by atoms with van der Waals surface area (Å²) in [6.45, 7) is 5.41. The maximum absolute atomic E-state index is 9.56. The highest BCUT2D eigenvalue weighted by Gasteiger charge is 2.26. The first kappa shape index (κ1) is 12.3. The number of pyridine rings is 1. The Balaban J connectivity index is 2.04. The lowest BCUT2D eigenvalue weighted by molar-refractivity contribution is 0.136. The SMILES string of the molecule is CC(O)C1CCN(c2ccc([C@H](C)O)nc2)C1. The highest BCUT2D eigenvalue weighted by Crippen LogP contribution is 2.25. The van der Waals surface area contributed by atoms with Crippen molar-refractivity contribution < 1.29 is 10.2 Å². The second-order valence-corrected chi connectivity index (χ2v) is 4.85. The average molecular weight is 236 g/mol. The van der Waals surface area contributed by atoms with Crippen LogP contribution in [-0.2, 0) is 0 Å². The van der Waals surface area contributed by atoms with Crippen LogP contribution in [0, 0.1) is 5.92 Å². The number of aromatic nitrogens is 1. The van der Waals surface area contributed by atoms with Gasteiger partial charge in [-0.25, -0.2) is 0 Å². The predicted octanol–water partition coefficient (Wildman–Crippen LogP) is 1.34. The Labute approximate surface area is 102 Å². The van der Waals surface area contributed by atoms with E-state index in [0.717, 1.165) is 25.2 Å². The van der Waals surface area contributed by atoms with Gasteiger partial charge in [0.05, 0.1) is 29.8 Å². The number of rotatable bonds is 3. The van der Waals surface area contributed by atoms with Crippen LogP contribution in [0.2, 0.25) is 0 Å². The van der Waals surface area contributed by atoms with Crippen LogP contribution in [0.4, 0.5) is 5.69 Å². The van der Waals surface area contributed by atoms with Crippen LogP contribution in [0.5, 0.6) is 0 Å². The fourth-order valence-corrected chi connectivity index (χ4v) is 2.25. The van der Waals surface area contributed by atoms with Crippen molar-refractivity contribution in [2.45, 2.75) is 32.5 Å². The van der Waals surface area contributed by atoms with Gasteiger partial charge >= 0.3 is 0 Å². The fraction of sp³-hybridized carbons (Fsp3) is 0.615. The van der Waals surface area contributed by atoms with Gasteiger partial charge < -0.3 is 15.1 Å². The van der Waals surface area contributed by atoms with Crippen LogP contribution in [-0.4, -0.2) is 34.4 Å². The van der Waals surface area contributed by atoms with Crippen molar-refractivity contribution in [3.8, 4) is 0 Å². The molecular weight excluding hydrogens is 216 g/mol. The third kappa shape index (κ3) is 2.76. The van der Waals surface area contributed by atoms with E-state index >= 15 is 0 Å². The lowest BCUT2D eigenvalue weighted by Gasteiger charge is -2.19. The quantitative estimate of drug-likeness (QED) is 0.831. The third-order valence-corrected chi connectivity index (χ3v) is 3.47. The minimum Gasteiger partial charge on any atom is -0.393 e. The molecule has 1 aliphatic rings. The standard InChI is InChI=1S/C13H20N2O2/c1-9(16)11-5-6-15(8-11)12-3-4-13(10(2)17)14-7-12/h3-4,7,9-11,16-17H,5-6,8H2,1-2H3/t9?,10-,11?/m0/s1. The highest BCUT2D eigenvalue weighted by atomic mass is 16.3. The molecule has 94 valence electrons. The summed E-state index contributed by atoms with van der Waals surface area (Å²) in [6, 6.07) is 3.84. The Bertz CT molecular complexity index is 362. The van der Waals surface area contributed by atoms with E-state index in [-0.39, 0.29) is 6.10 Å². The van der Waals surface area contributed by atoms with Gasteiger partial charge in [-0.15, -0.1) is 0 Å². The van der Waals surface area contributed by atoms with Crippen LogP contribution < -0.4 is 4.90 Å². The van der Waals surface area contributed by atoms with Crippen LogP contribution in [0.15, 0.2) is 18.3 Å². The summed E-state index contributed by atoms with van der Waals surface area (Å²) < 4.78 is 0. The van der Waals surface area contributed by atoms with Gasteiger partial charge in [0, 0.05) is 19.0 Å². The molecule has 1 saturated heterocycles. The van der Waals surface area contributed by atoms with E-state index in [1.807, 2.05) is 19.1 Å². The van der Waals surface area contributed by atoms with E-state index in [0.29, 0.717) is 11.6 Å². The molecule has 0 amide bonds. The summed E-state index contributed by atoms with van der Waals surface area (Å²) in [5.74, 6) is 0.353. The first-order chi connectivity index (χ1) is 8.08. The van der Waals surface area contributed by atoms with E-state index in [1.54, 1.807) is 13.1 Å². The average Bonchev–Trinajstić information content (AvgIpc) is 2.78. The monoisotopic (exact) mass is 236 g/mol. The molecule has 1 aliphatic heterocycles. The molecule has 0 radical (unpaired) electrons. The molecule has 2 unspecified atom stereocenters. The third-order valence-electron chi connectivity index (χ3n) is 3.47. The Morgan fingerprint density at radius 2 is 2.12 bits per heavy atom. The van der Waals surface area contributed by atoms with Gasteiger partial charge in [0.25, 0.3) is 0 Å². The van der Waals surface area contributed by atoms with Gasteiger partial charge in [-0.1, -0.05) is 0 Å². The van der Waals surface area contributed by atoms with Crippen LogP contribution in [0.3, 0.4) is 0 Å². The predicted molar refractivity (Wildman–Crippen MR) is 66.9 cm³/mol. The number of anilines is 1. The first-order valence-corrected chi connectivity index (χ1v) is 6.15. The van der Waals surface area contributed by atoms with Crippen molar-refractivity contribution >= 4 is 5.69 Å². The van der Waals surface area contributed by atoms with Gasteiger partial charge in [-0.05, 0) is 32.4 Å². The molecule has 1 aromatic heterocycles. The number of hydrogen-bond donors (Lipinski definition) is 2. The Morgan fingerprint density at radius 3 is 2.59 bits per heavy atom. The van der Waals surface area contributed by atoms with Crippen molar-refractivity contribution in [1.29, 1.82) is 0 Å². The molecule has 0 aromatic carbocycles. The Kier molecular flexibility index (Phi) is 3.64. The van der Waals surface area contributed by atoms with Crippen LogP contribution in [0.1, 0.15) is 32.1 Å². The highest BCUT2D eigenvalue weighted by molar-refractivity contribution is 5.45. The molecule has 0 aliphatic carbocycles. The van der Waals surface area contributed by atoms with E-state index in [2.05, 4.69) is 9.88 Å². The second-order valence-electron chi connectivity index (χ2n) is 4.85. The smallest absolute Gasteiger partial charge is 0.0931 e. The summed E-state index contributed by atoms with van der Waals surface area (Å²) in [7, 11) is 0. The van der Waals surface area contributed by atoms with Gasteiger partial charge in [-0.2, -0.15) is 0 Å². The van der Waals surface area contributed by atoms with Crippen molar-refractivity contribution in [1.82, 2.24) is 4.98 Å². The molecule has 2 N–H and O–H groups in total. The van der Waals surface area contributed by atoms with E-state index < -0.39 is 6.10 Å². The first-order valence-electron chi connectivity index (χ1n) is 6.15. The molecule has 0 bridgehead atoms. The zero-order valence-electron chi connectivity index (χ0n) is 10.4. The molecule has 0 saturated carbocycles. The van der Waals surface area contributed by atoms with Crippen molar-refractivity contribution in [3.05, 3.63) is 24.0 Å². The van der Waals surface area contributed by atoms with Gasteiger partial charge in [0.1, 0.15) is 0 Å². The summed E-state index contributed by atoms with van der Waals surface area (Å²) in [5, 5.41) is 18.9. The molecular formula is C13H20N2O2. The van der Waals surface area contributed by atoms with Gasteiger partial charge in [0.15, 0.2) is 0 Å².